The Morgan fingerprint density at radius 1 is 1.26 bits per heavy atom. The molecule has 1 aliphatic heterocycles. The molecule has 1 aliphatic rings. The molecular weight excluding hydrogens is 310 g/mol. The van der Waals surface area contributed by atoms with Crippen LogP contribution in [0.25, 0.3) is 10.9 Å². The molecule has 0 aliphatic carbocycles. The lowest BCUT2D eigenvalue weighted by molar-refractivity contribution is 0.386. The van der Waals surface area contributed by atoms with Gasteiger partial charge in [-0.25, -0.2) is 0 Å². The van der Waals surface area contributed by atoms with Crippen molar-refractivity contribution in [3.63, 3.8) is 0 Å². The minimum absolute atomic E-state index is 0.482. The SMILES string of the molecule is C/C(N)=C/C(=N)N1CCN(c2ccnc3cc(Cl)ccc23)CC1. The molecule has 5 nitrogen and oxygen atoms in total. The minimum Gasteiger partial charge on any atom is -0.402 e. The van der Waals surface area contributed by atoms with E-state index in [1.807, 2.05) is 35.4 Å². The molecule has 120 valence electrons. The summed E-state index contributed by atoms with van der Waals surface area (Å²) in [6.45, 7) is 5.14. The number of nitrogens with zero attached hydrogens (tertiary/aromatic N) is 3. The fraction of sp³-hybridized carbons (Fsp3) is 0.294. The number of amidine groups is 1. The smallest absolute Gasteiger partial charge is 0.122 e. The molecule has 0 atom stereocenters. The fourth-order valence-electron chi connectivity index (χ4n) is 2.88. The van der Waals surface area contributed by atoms with E-state index in [2.05, 4.69) is 9.88 Å². The molecule has 3 N–H and O–H groups in total. The monoisotopic (exact) mass is 329 g/mol. The second-order valence-electron chi connectivity index (χ2n) is 5.74. The molecule has 1 aromatic heterocycles. The number of halogens is 1. The lowest BCUT2D eigenvalue weighted by Gasteiger charge is -2.37. The van der Waals surface area contributed by atoms with Crippen LogP contribution in [-0.2, 0) is 0 Å². The van der Waals surface area contributed by atoms with Gasteiger partial charge < -0.3 is 15.5 Å². The molecule has 0 saturated carbocycles. The molecule has 1 saturated heterocycles. The summed E-state index contributed by atoms with van der Waals surface area (Å²) in [6.07, 6.45) is 3.53. The normalized spacial score (nSPS) is 16.0. The Hall–Kier alpha value is -2.27. The van der Waals surface area contributed by atoms with Crippen molar-refractivity contribution in [1.29, 1.82) is 5.41 Å². The van der Waals surface area contributed by atoms with Gasteiger partial charge in [-0.15, -0.1) is 0 Å². The topological polar surface area (TPSA) is 69.2 Å². The zero-order chi connectivity index (χ0) is 16.4. The van der Waals surface area contributed by atoms with Crippen molar-refractivity contribution in [2.75, 3.05) is 31.1 Å². The number of allylic oxidation sites excluding steroid dienone is 1. The summed E-state index contributed by atoms with van der Waals surface area (Å²) in [5.74, 6) is 0.482. The van der Waals surface area contributed by atoms with E-state index >= 15 is 0 Å². The summed E-state index contributed by atoms with van der Waals surface area (Å²) in [6, 6.07) is 7.85. The molecule has 1 aromatic carbocycles. The van der Waals surface area contributed by atoms with Gasteiger partial charge in [-0.1, -0.05) is 11.6 Å². The Balaban J connectivity index is 1.78. The first kappa shape index (κ1) is 15.6. The van der Waals surface area contributed by atoms with Crippen molar-refractivity contribution in [2.45, 2.75) is 6.92 Å². The van der Waals surface area contributed by atoms with Crippen molar-refractivity contribution in [3.8, 4) is 0 Å². The molecule has 2 heterocycles. The standard InChI is InChI=1S/C17H20ClN5/c1-12(19)10-17(20)23-8-6-22(7-9-23)16-4-5-21-15-11-13(18)2-3-14(15)16/h2-5,10-11,20H,6-9,19H2,1H3/b12-10-,20-17?. The maximum absolute atomic E-state index is 8.07. The third-order valence-corrected chi connectivity index (χ3v) is 4.24. The minimum atomic E-state index is 0.482. The first-order chi connectivity index (χ1) is 11.0. The number of pyridine rings is 1. The van der Waals surface area contributed by atoms with Crippen LogP contribution in [0.4, 0.5) is 5.69 Å². The van der Waals surface area contributed by atoms with Gasteiger partial charge in [0.25, 0.3) is 0 Å². The van der Waals surface area contributed by atoms with Crippen molar-refractivity contribution >= 4 is 34.0 Å². The van der Waals surface area contributed by atoms with Gasteiger partial charge in [-0.05, 0) is 37.3 Å². The van der Waals surface area contributed by atoms with E-state index in [4.69, 9.17) is 22.7 Å². The highest BCUT2D eigenvalue weighted by atomic mass is 35.5. The van der Waals surface area contributed by atoms with Crippen LogP contribution in [0.5, 0.6) is 0 Å². The summed E-state index contributed by atoms with van der Waals surface area (Å²) in [5, 5.41) is 9.87. The molecule has 23 heavy (non-hydrogen) atoms. The van der Waals surface area contributed by atoms with Crippen LogP contribution in [0.2, 0.25) is 5.02 Å². The molecule has 0 amide bonds. The highest BCUT2D eigenvalue weighted by Gasteiger charge is 2.19. The second-order valence-corrected chi connectivity index (χ2v) is 6.18. The maximum atomic E-state index is 8.07. The van der Waals surface area contributed by atoms with Crippen molar-refractivity contribution in [2.24, 2.45) is 5.73 Å². The van der Waals surface area contributed by atoms with Gasteiger partial charge in [0.05, 0.1) is 5.52 Å². The van der Waals surface area contributed by atoms with Crippen LogP contribution >= 0.6 is 11.6 Å². The Morgan fingerprint density at radius 2 is 2.00 bits per heavy atom. The molecule has 2 aromatic rings. The highest BCUT2D eigenvalue weighted by molar-refractivity contribution is 6.31. The number of rotatable bonds is 2. The molecule has 6 heteroatoms. The predicted molar refractivity (Wildman–Crippen MR) is 96.2 cm³/mol. The molecule has 1 fully saturated rings. The summed E-state index contributed by atoms with van der Waals surface area (Å²) in [5.41, 5.74) is 8.40. The molecule has 0 unspecified atom stereocenters. The number of piperazine rings is 1. The largest absolute Gasteiger partial charge is 0.402 e. The summed E-state index contributed by atoms with van der Waals surface area (Å²) < 4.78 is 0. The summed E-state index contributed by atoms with van der Waals surface area (Å²) in [7, 11) is 0. The molecule has 0 spiro atoms. The molecule has 0 bridgehead atoms. The summed E-state index contributed by atoms with van der Waals surface area (Å²) >= 11 is 6.05. The van der Waals surface area contributed by atoms with Gasteiger partial charge in [0.1, 0.15) is 5.84 Å². The number of nitrogens with one attached hydrogen (secondary N) is 1. The Kier molecular flexibility index (Phi) is 4.39. The Labute approximate surface area is 140 Å². The number of aromatic nitrogens is 1. The van der Waals surface area contributed by atoms with E-state index in [1.54, 1.807) is 13.0 Å². The Morgan fingerprint density at radius 3 is 2.70 bits per heavy atom. The number of benzene rings is 1. The third-order valence-electron chi connectivity index (χ3n) is 4.01. The number of anilines is 1. The van der Waals surface area contributed by atoms with Crippen LogP contribution in [0.3, 0.4) is 0 Å². The average molecular weight is 330 g/mol. The van der Waals surface area contributed by atoms with E-state index in [1.165, 1.54) is 5.69 Å². The zero-order valence-corrected chi connectivity index (χ0v) is 13.8. The van der Waals surface area contributed by atoms with Gasteiger partial charge in [-0.2, -0.15) is 0 Å². The third kappa shape index (κ3) is 3.40. The van der Waals surface area contributed by atoms with Gasteiger partial charge in [0.2, 0.25) is 0 Å². The number of nitrogens with two attached hydrogens (primary N) is 1. The first-order valence-corrected chi connectivity index (χ1v) is 7.99. The van der Waals surface area contributed by atoms with Crippen molar-refractivity contribution in [1.82, 2.24) is 9.88 Å². The number of fused-ring (bicyclic) bond motifs is 1. The molecular formula is C17H20ClN5. The van der Waals surface area contributed by atoms with Crippen molar-refractivity contribution in [3.05, 3.63) is 47.3 Å². The van der Waals surface area contributed by atoms with E-state index in [9.17, 15) is 0 Å². The van der Waals surface area contributed by atoms with Gasteiger partial charge in [0, 0.05) is 54.2 Å². The Bertz CT molecular complexity index is 759. The number of hydrogen-bond acceptors (Lipinski definition) is 4. The van der Waals surface area contributed by atoms with Crippen LogP contribution in [-0.4, -0.2) is 41.9 Å². The maximum Gasteiger partial charge on any atom is 0.122 e. The van der Waals surface area contributed by atoms with Crippen LogP contribution < -0.4 is 10.6 Å². The highest BCUT2D eigenvalue weighted by Crippen LogP contribution is 2.28. The zero-order valence-electron chi connectivity index (χ0n) is 13.1. The van der Waals surface area contributed by atoms with E-state index < -0.39 is 0 Å². The lowest BCUT2D eigenvalue weighted by Crippen LogP contribution is -2.48. The predicted octanol–water partition coefficient (Wildman–Crippen LogP) is 2.85. The van der Waals surface area contributed by atoms with Crippen molar-refractivity contribution < 1.29 is 0 Å². The second kappa shape index (κ2) is 6.46. The lowest BCUT2D eigenvalue weighted by atomic mass is 10.1. The number of hydrogen-bond donors (Lipinski definition) is 2. The first-order valence-electron chi connectivity index (χ1n) is 7.61. The van der Waals surface area contributed by atoms with Crippen LogP contribution in [0.1, 0.15) is 6.92 Å². The van der Waals surface area contributed by atoms with E-state index in [0.29, 0.717) is 16.6 Å². The van der Waals surface area contributed by atoms with Crippen LogP contribution in [0, 0.1) is 5.41 Å². The summed E-state index contributed by atoms with van der Waals surface area (Å²) in [4.78, 5) is 8.78. The van der Waals surface area contributed by atoms with E-state index in [-0.39, 0.29) is 0 Å². The van der Waals surface area contributed by atoms with Gasteiger partial charge >= 0.3 is 0 Å². The molecule has 3 rings (SSSR count). The molecule has 0 radical (unpaired) electrons. The fourth-order valence-corrected chi connectivity index (χ4v) is 3.04. The quantitative estimate of drug-likeness (QED) is 0.656. The van der Waals surface area contributed by atoms with Gasteiger partial charge in [0.15, 0.2) is 0 Å². The van der Waals surface area contributed by atoms with Gasteiger partial charge in [-0.3, -0.25) is 10.4 Å². The average Bonchev–Trinajstić information content (AvgIpc) is 2.53. The van der Waals surface area contributed by atoms with Crippen LogP contribution in [0.15, 0.2) is 42.2 Å². The van der Waals surface area contributed by atoms with E-state index in [0.717, 1.165) is 37.1 Å².